The number of methoxy groups -OCH3 is 2. The van der Waals surface area contributed by atoms with E-state index < -0.39 is 0 Å². The van der Waals surface area contributed by atoms with E-state index in [1.165, 1.54) is 0 Å². The Labute approximate surface area is 159 Å². The molecule has 0 amide bonds. The first-order chi connectivity index (χ1) is 13.2. The molecule has 6 nitrogen and oxygen atoms in total. The van der Waals surface area contributed by atoms with Crippen LogP contribution in [-0.4, -0.2) is 30.7 Å². The standard InChI is InChI=1S/C21H24N4O2/c1-15-13-20(24-17-7-5-4-6-8-17)25-21(23-15)22-12-11-16-9-10-18(26-2)19(14-16)27-3/h4-10,13-14H,11-12H2,1-3H3,(H2,22,23,24,25). The smallest absolute Gasteiger partial charge is 0.224 e. The molecular formula is C21H24N4O2. The number of aromatic nitrogens is 2. The first-order valence-corrected chi connectivity index (χ1v) is 8.80. The SMILES string of the molecule is COc1ccc(CCNc2nc(C)cc(Nc3ccccc3)n2)cc1OC. The molecule has 0 saturated carbocycles. The molecule has 6 heteroatoms. The highest BCUT2D eigenvalue weighted by atomic mass is 16.5. The van der Waals surface area contributed by atoms with Gasteiger partial charge >= 0.3 is 0 Å². The van der Waals surface area contributed by atoms with Gasteiger partial charge in [-0.2, -0.15) is 4.98 Å². The summed E-state index contributed by atoms with van der Waals surface area (Å²) in [6, 6.07) is 17.8. The van der Waals surface area contributed by atoms with Gasteiger partial charge in [0, 0.05) is 24.0 Å². The third-order valence-electron chi connectivity index (χ3n) is 4.05. The predicted molar refractivity (Wildman–Crippen MR) is 108 cm³/mol. The molecule has 0 spiro atoms. The second-order valence-electron chi connectivity index (χ2n) is 6.08. The number of benzene rings is 2. The van der Waals surface area contributed by atoms with Gasteiger partial charge in [-0.1, -0.05) is 24.3 Å². The van der Waals surface area contributed by atoms with E-state index in [9.17, 15) is 0 Å². The molecule has 140 valence electrons. The third-order valence-corrected chi connectivity index (χ3v) is 4.05. The highest BCUT2D eigenvalue weighted by Gasteiger charge is 2.06. The monoisotopic (exact) mass is 364 g/mol. The van der Waals surface area contributed by atoms with Crippen molar-refractivity contribution >= 4 is 17.5 Å². The number of aryl methyl sites for hydroxylation is 1. The van der Waals surface area contributed by atoms with E-state index in [4.69, 9.17) is 9.47 Å². The number of para-hydroxylation sites is 1. The summed E-state index contributed by atoms with van der Waals surface area (Å²) in [6.07, 6.45) is 0.819. The fourth-order valence-corrected chi connectivity index (χ4v) is 2.74. The van der Waals surface area contributed by atoms with Gasteiger partial charge in [-0.25, -0.2) is 4.98 Å². The summed E-state index contributed by atoms with van der Waals surface area (Å²) >= 11 is 0. The number of ether oxygens (including phenoxy) is 2. The van der Waals surface area contributed by atoms with Crippen molar-refractivity contribution in [2.75, 3.05) is 31.4 Å². The maximum Gasteiger partial charge on any atom is 0.224 e. The molecule has 0 aliphatic rings. The quantitative estimate of drug-likeness (QED) is 0.624. The zero-order valence-corrected chi connectivity index (χ0v) is 15.8. The van der Waals surface area contributed by atoms with Crippen LogP contribution in [0.25, 0.3) is 0 Å². The molecule has 3 aromatic rings. The van der Waals surface area contributed by atoms with Gasteiger partial charge in [-0.05, 0) is 43.2 Å². The summed E-state index contributed by atoms with van der Waals surface area (Å²) in [5, 5.41) is 6.59. The Morgan fingerprint density at radius 3 is 2.41 bits per heavy atom. The van der Waals surface area contributed by atoms with Gasteiger partial charge in [0.25, 0.3) is 0 Å². The molecule has 3 rings (SSSR count). The number of rotatable bonds is 8. The van der Waals surface area contributed by atoms with E-state index in [0.717, 1.165) is 40.7 Å². The molecule has 0 aliphatic carbocycles. The van der Waals surface area contributed by atoms with Crippen LogP contribution >= 0.6 is 0 Å². The summed E-state index contributed by atoms with van der Waals surface area (Å²) in [4.78, 5) is 9.00. The summed E-state index contributed by atoms with van der Waals surface area (Å²) in [6.45, 7) is 2.67. The molecule has 2 aromatic carbocycles. The van der Waals surface area contributed by atoms with Crippen molar-refractivity contribution < 1.29 is 9.47 Å². The number of nitrogens with zero attached hydrogens (tertiary/aromatic N) is 2. The van der Waals surface area contributed by atoms with Gasteiger partial charge in [0.2, 0.25) is 5.95 Å². The second kappa shape index (κ2) is 8.89. The number of hydrogen-bond acceptors (Lipinski definition) is 6. The van der Waals surface area contributed by atoms with E-state index in [-0.39, 0.29) is 0 Å². The Hall–Kier alpha value is -3.28. The first-order valence-electron chi connectivity index (χ1n) is 8.80. The maximum absolute atomic E-state index is 5.35. The molecule has 1 aromatic heterocycles. The lowest BCUT2D eigenvalue weighted by molar-refractivity contribution is 0.354. The van der Waals surface area contributed by atoms with E-state index in [1.807, 2.05) is 61.5 Å². The second-order valence-corrected chi connectivity index (χ2v) is 6.08. The highest BCUT2D eigenvalue weighted by Crippen LogP contribution is 2.27. The van der Waals surface area contributed by atoms with Crippen LogP contribution in [0.1, 0.15) is 11.3 Å². The molecular weight excluding hydrogens is 340 g/mol. The van der Waals surface area contributed by atoms with Crippen LogP contribution in [0.5, 0.6) is 11.5 Å². The van der Waals surface area contributed by atoms with Crippen molar-refractivity contribution in [2.24, 2.45) is 0 Å². The van der Waals surface area contributed by atoms with Crippen molar-refractivity contribution in [3.63, 3.8) is 0 Å². The Balaban J connectivity index is 1.62. The first kappa shape index (κ1) is 18.5. The lowest BCUT2D eigenvalue weighted by Gasteiger charge is -2.11. The number of hydrogen-bond donors (Lipinski definition) is 2. The lowest BCUT2D eigenvalue weighted by Crippen LogP contribution is -2.09. The van der Waals surface area contributed by atoms with Gasteiger partial charge in [0.15, 0.2) is 11.5 Å². The Kier molecular flexibility index (Phi) is 6.10. The summed E-state index contributed by atoms with van der Waals surface area (Å²) < 4.78 is 10.6. The minimum Gasteiger partial charge on any atom is -0.493 e. The van der Waals surface area contributed by atoms with Crippen LogP contribution in [0.15, 0.2) is 54.6 Å². The highest BCUT2D eigenvalue weighted by molar-refractivity contribution is 5.57. The summed E-state index contributed by atoms with van der Waals surface area (Å²) in [5.41, 5.74) is 3.04. The van der Waals surface area contributed by atoms with Crippen molar-refractivity contribution in [1.29, 1.82) is 0 Å². The van der Waals surface area contributed by atoms with E-state index in [2.05, 4.69) is 20.6 Å². The minimum absolute atomic E-state index is 0.605. The molecule has 0 bridgehead atoms. The largest absolute Gasteiger partial charge is 0.493 e. The Bertz CT molecular complexity index is 885. The maximum atomic E-state index is 5.35. The zero-order valence-electron chi connectivity index (χ0n) is 15.8. The molecule has 0 saturated heterocycles. The van der Waals surface area contributed by atoms with Gasteiger partial charge in [-0.3, -0.25) is 0 Å². The predicted octanol–water partition coefficient (Wildman–Crippen LogP) is 4.20. The summed E-state index contributed by atoms with van der Waals surface area (Å²) in [7, 11) is 3.27. The molecule has 0 aliphatic heterocycles. The molecule has 0 radical (unpaired) electrons. The van der Waals surface area contributed by atoms with E-state index in [1.54, 1.807) is 14.2 Å². The minimum atomic E-state index is 0.605. The topological polar surface area (TPSA) is 68.3 Å². The fourth-order valence-electron chi connectivity index (χ4n) is 2.74. The molecule has 0 atom stereocenters. The molecule has 0 fully saturated rings. The fraction of sp³-hybridized carbons (Fsp3) is 0.238. The van der Waals surface area contributed by atoms with Crippen LogP contribution in [0, 0.1) is 6.92 Å². The van der Waals surface area contributed by atoms with Crippen molar-refractivity contribution in [1.82, 2.24) is 9.97 Å². The molecule has 2 N–H and O–H groups in total. The molecule has 1 heterocycles. The zero-order chi connectivity index (χ0) is 19.1. The summed E-state index contributed by atoms with van der Waals surface area (Å²) in [5.74, 6) is 2.83. The molecule has 27 heavy (non-hydrogen) atoms. The van der Waals surface area contributed by atoms with Crippen molar-refractivity contribution in [3.05, 3.63) is 65.9 Å². The van der Waals surface area contributed by atoms with E-state index >= 15 is 0 Å². The van der Waals surface area contributed by atoms with Crippen LogP contribution in [0.3, 0.4) is 0 Å². The number of nitrogens with one attached hydrogen (secondary N) is 2. The van der Waals surface area contributed by atoms with Crippen molar-refractivity contribution in [3.8, 4) is 11.5 Å². The van der Waals surface area contributed by atoms with Crippen LogP contribution < -0.4 is 20.1 Å². The van der Waals surface area contributed by atoms with Crippen LogP contribution in [0.2, 0.25) is 0 Å². The van der Waals surface area contributed by atoms with E-state index in [0.29, 0.717) is 12.5 Å². The lowest BCUT2D eigenvalue weighted by atomic mass is 10.1. The van der Waals surface area contributed by atoms with Gasteiger partial charge in [0.1, 0.15) is 5.82 Å². The van der Waals surface area contributed by atoms with Crippen LogP contribution in [-0.2, 0) is 6.42 Å². The van der Waals surface area contributed by atoms with Gasteiger partial charge < -0.3 is 20.1 Å². The van der Waals surface area contributed by atoms with Gasteiger partial charge in [-0.15, -0.1) is 0 Å². The average Bonchev–Trinajstić information content (AvgIpc) is 2.68. The Morgan fingerprint density at radius 1 is 0.889 bits per heavy atom. The third kappa shape index (κ3) is 5.10. The van der Waals surface area contributed by atoms with Crippen LogP contribution in [0.4, 0.5) is 17.5 Å². The normalized spacial score (nSPS) is 10.3. The number of anilines is 3. The average molecular weight is 364 g/mol. The molecule has 0 unspecified atom stereocenters. The van der Waals surface area contributed by atoms with Crippen molar-refractivity contribution in [2.45, 2.75) is 13.3 Å². The van der Waals surface area contributed by atoms with Gasteiger partial charge in [0.05, 0.1) is 14.2 Å². The Morgan fingerprint density at radius 2 is 1.67 bits per heavy atom.